The molecular formula is C23H30N2O2. The first-order valence-corrected chi connectivity index (χ1v) is 9.83. The maximum Gasteiger partial charge on any atom is 0.261 e. The average Bonchev–Trinajstić information content (AvgIpc) is 3.17. The van der Waals surface area contributed by atoms with Crippen LogP contribution in [0.25, 0.3) is 0 Å². The van der Waals surface area contributed by atoms with Crippen LogP contribution in [0.4, 0.5) is 0 Å². The van der Waals surface area contributed by atoms with Crippen LogP contribution in [-0.2, 0) is 17.9 Å². The van der Waals surface area contributed by atoms with Crippen LogP contribution in [0.3, 0.4) is 0 Å². The number of likely N-dealkylation sites (tertiary alicyclic amines) is 1. The lowest BCUT2D eigenvalue weighted by molar-refractivity contribution is -0.127. The number of rotatable bonds is 7. The maximum absolute atomic E-state index is 12.4. The summed E-state index contributed by atoms with van der Waals surface area (Å²) < 4.78 is 5.85. The standard InChI is InChI=1S/C23H30N2O2/c1-17-6-7-18(2)22(14-17)27-19(3)23(26)24-15-20-8-10-21(11-9-20)16-25-12-4-5-13-25/h6-11,14,19H,4-5,12-13,15-16H2,1-3H3,(H,24,26)/t19-/m1/s1. The smallest absolute Gasteiger partial charge is 0.261 e. The normalized spacial score (nSPS) is 15.5. The van der Waals surface area contributed by atoms with Crippen LogP contribution >= 0.6 is 0 Å². The molecular weight excluding hydrogens is 336 g/mol. The Bertz CT molecular complexity index is 764. The van der Waals surface area contributed by atoms with Gasteiger partial charge in [-0.25, -0.2) is 0 Å². The van der Waals surface area contributed by atoms with Crippen molar-refractivity contribution in [1.82, 2.24) is 10.2 Å². The highest BCUT2D eigenvalue weighted by molar-refractivity contribution is 5.80. The molecule has 1 amide bonds. The number of amides is 1. The summed E-state index contributed by atoms with van der Waals surface area (Å²) in [5, 5.41) is 2.97. The molecule has 2 aromatic carbocycles. The fraction of sp³-hybridized carbons (Fsp3) is 0.435. The molecule has 3 rings (SSSR count). The van der Waals surface area contributed by atoms with E-state index in [1.165, 1.54) is 31.5 Å². The van der Waals surface area contributed by atoms with Crippen molar-refractivity contribution < 1.29 is 9.53 Å². The Hall–Kier alpha value is -2.33. The molecule has 4 nitrogen and oxygen atoms in total. The van der Waals surface area contributed by atoms with E-state index in [2.05, 4.69) is 34.5 Å². The van der Waals surface area contributed by atoms with Crippen molar-refractivity contribution >= 4 is 5.91 Å². The summed E-state index contributed by atoms with van der Waals surface area (Å²) in [6.45, 7) is 9.74. The summed E-state index contributed by atoms with van der Waals surface area (Å²) >= 11 is 0. The van der Waals surface area contributed by atoms with Crippen molar-refractivity contribution in [3.05, 3.63) is 64.7 Å². The van der Waals surface area contributed by atoms with Gasteiger partial charge in [0.1, 0.15) is 5.75 Å². The molecule has 1 saturated heterocycles. The maximum atomic E-state index is 12.4. The van der Waals surface area contributed by atoms with Crippen molar-refractivity contribution in [1.29, 1.82) is 0 Å². The lowest BCUT2D eigenvalue weighted by Crippen LogP contribution is -2.36. The zero-order valence-corrected chi connectivity index (χ0v) is 16.6. The van der Waals surface area contributed by atoms with Crippen LogP contribution in [0, 0.1) is 13.8 Å². The number of aryl methyl sites for hydroxylation is 2. The lowest BCUT2D eigenvalue weighted by Gasteiger charge is -2.17. The van der Waals surface area contributed by atoms with Gasteiger partial charge in [0.15, 0.2) is 6.10 Å². The minimum Gasteiger partial charge on any atom is -0.481 e. The minimum absolute atomic E-state index is 0.1000. The second-order valence-corrected chi connectivity index (χ2v) is 7.55. The Morgan fingerprint density at radius 1 is 1.07 bits per heavy atom. The molecule has 1 fully saturated rings. The number of carbonyl (C=O) groups excluding carboxylic acids is 1. The number of nitrogens with zero attached hydrogens (tertiary/aromatic N) is 1. The summed E-state index contributed by atoms with van der Waals surface area (Å²) in [6.07, 6.45) is 2.10. The Balaban J connectivity index is 1.48. The van der Waals surface area contributed by atoms with Crippen molar-refractivity contribution in [2.45, 2.75) is 52.8 Å². The van der Waals surface area contributed by atoms with E-state index >= 15 is 0 Å². The molecule has 4 heteroatoms. The molecule has 0 bridgehead atoms. The first-order valence-electron chi connectivity index (χ1n) is 9.83. The fourth-order valence-electron chi connectivity index (χ4n) is 3.37. The largest absolute Gasteiger partial charge is 0.481 e. The van der Waals surface area contributed by atoms with Gasteiger partial charge < -0.3 is 10.1 Å². The topological polar surface area (TPSA) is 41.6 Å². The van der Waals surface area contributed by atoms with Gasteiger partial charge in [0.25, 0.3) is 5.91 Å². The first kappa shape index (κ1) is 19.4. The average molecular weight is 367 g/mol. The predicted octanol–water partition coefficient (Wildman–Crippen LogP) is 3.98. The van der Waals surface area contributed by atoms with Crippen molar-refractivity contribution in [2.24, 2.45) is 0 Å². The van der Waals surface area contributed by atoms with Gasteiger partial charge in [0.2, 0.25) is 0 Å². The van der Waals surface area contributed by atoms with Gasteiger partial charge in [0, 0.05) is 13.1 Å². The monoisotopic (exact) mass is 366 g/mol. The van der Waals surface area contributed by atoms with Gasteiger partial charge in [-0.15, -0.1) is 0 Å². The van der Waals surface area contributed by atoms with Crippen LogP contribution < -0.4 is 10.1 Å². The van der Waals surface area contributed by atoms with Crippen LogP contribution in [0.2, 0.25) is 0 Å². The summed E-state index contributed by atoms with van der Waals surface area (Å²) in [6, 6.07) is 14.5. The molecule has 1 heterocycles. The molecule has 0 radical (unpaired) electrons. The van der Waals surface area contributed by atoms with Crippen LogP contribution in [0.15, 0.2) is 42.5 Å². The molecule has 1 aliphatic rings. The van der Waals surface area contributed by atoms with E-state index in [-0.39, 0.29) is 5.91 Å². The number of hydrogen-bond acceptors (Lipinski definition) is 3. The van der Waals surface area contributed by atoms with E-state index in [1.807, 2.05) is 32.0 Å². The minimum atomic E-state index is -0.528. The summed E-state index contributed by atoms with van der Waals surface area (Å²) in [7, 11) is 0. The Morgan fingerprint density at radius 2 is 1.74 bits per heavy atom. The van der Waals surface area contributed by atoms with Gasteiger partial charge in [-0.1, -0.05) is 36.4 Å². The summed E-state index contributed by atoms with van der Waals surface area (Å²) in [5.74, 6) is 0.668. The molecule has 27 heavy (non-hydrogen) atoms. The van der Waals surface area contributed by atoms with E-state index in [0.29, 0.717) is 6.54 Å². The lowest BCUT2D eigenvalue weighted by atomic mass is 10.1. The zero-order valence-electron chi connectivity index (χ0n) is 16.6. The number of ether oxygens (including phenoxy) is 1. The van der Waals surface area contributed by atoms with Gasteiger partial charge in [-0.05, 0) is 75.0 Å². The summed E-state index contributed by atoms with van der Waals surface area (Å²) in [5.41, 5.74) is 4.59. The fourth-order valence-corrected chi connectivity index (χ4v) is 3.37. The van der Waals surface area contributed by atoms with Gasteiger partial charge in [-0.3, -0.25) is 9.69 Å². The SMILES string of the molecule is Cc1ccc(C)c(O[C@H](C)C(=O)NCc2ccc(CN3CCCC3)cc2)c1. The molecule has 0 aliphatic carbocycles. The van der Waals surface area contributed by atoms with Crippen LogP contribution in [-0.4, -0.2) is 30.0 Å². The zero-order chi connectivity index (χ0) is 19.2. The molecule has 1 N–H and O–H groups in total. The number of carbonyl (C=O) groups is 1. The van der Waals surface area contributed by atoms with Gasteiger partial charge in [0.05, 0.1) is 0 Å². The van der Waals surface area contributed by atoms with Gasteiger partial charge in [-0.2, -0.15) is 0 Å². The molecule has 0 unspecified atom stereocenters. The van der Waals surface area contributed by atoms with E-state index in [4.69, 9.17) is 4.74 Å². The molecule has 0 spiro atoms. The number of hydrogen-bond donors (Lipinski definition) is 1. The molecule has 1 aliphatic heterocycles. The summed E-state index contributed by atoms with van der Waals surface area (Å²) in [4.78, 5) is 14.9. The first-order chi connectivity index (χ1) is 13.0. The van der Waals surface area contributed by atoms with Crippen LogP contribution in [0.1, 0.15) is 42.0 Å². The third-order valence-corrected chi connectivity index (χ3v) is 5.11. The second-order valence-electron chi connectivity index (χ2n) is 7.55. The quantitative estimate of drug-likeness (QED) is 0.806. The van der Waals surface area contributed by atoms with Crippen molar-refractivity contribution in [2.75, 3.05) is 13.1 Å². The van der Waals surface area contributed by atoms with E-state index in [0.717, 1.165) is 29.0 Å². The van der Waals surface area contributed by atoms with Crippen LogP contribution in [0.5, 0.6) is 5.75 Å². The third-order valence-electron chi connectivity index (χ3n) is 5.11. The number of nitrogens with one attached hydrogen (secondary N) is 1. The predicted molar refractivity (Wildman–Crippen MR) is 109 cm³/mol. The third kappa shape index (κ3) is 5.57. The van der Waals surface area contributed by atoms with Gasteiger partial charge >= 0.3 is 0 Å². The van der Waals surface area contributed by atoms with E-state index in [1.54, 1.807) is 6.92 Å². The highest BCUT2D eigenvalue weighted by Gasteiger charge is 2.16. The highest BCUT2D eigenvalue weighted by atomic mass is 16.5. The molecule has 2 aromatic rings. The van der Waals surface area contributed by atoms with E-state index < -0.39 is 6.10 Å². The number of benzene rings is 2. The Kier molecular flexibility index (Phi) is 6.51. The molecule has 144 valence electrons. The highest BCUT2D eigenvalue weighted by Crippen LogP contribution is 2.20. The molecule has 0 aromatic heterocycles. The molecule has 1 atom stereocenters. The molecule has 0 saturated carbocycles. The van der Waals surface area contributed by atoms with Crippen molar-refractivity contribution in [3.63, 3.8) is 0 Å². The van der Waals surface area contributed by atoms with Crippen molar-refractivity contribution in [3.8, 4) is 5.75 Å². The van der Waals surface area contributed by atoms with E-state index in [9.17, 15) is 4.79 Å². The Labute approximate surface area is 162 Å². The second kappa shape index (κ2) is 9.05. The Morgan fingerprint density at radius 3 is 2.44 bits per heavy atom.